The van der Waals surface area contributed by atoms with E-state index in [0.717, 1.165) is 31.2 Å². The molecule has 0 unspecified atom stereocenters. The Morgan fingerprint density at radius 3 is 2.82 bits per heavy atom. The number of aromatic nitrogens is 4. The molecule has 4 rings (SSSR count). The molecular weight excluding hydrogens is 274 g/mol. The molecule has 0 amide bonds. The van der Waals surface area contributed by atoms with Gasteiger partial charge in [0.25, 0.3) is 0 Å². The van der Waals surface area contributed by atoms with E-state index in [1.807, 2.05) is 24.1 Å². The van der Waals surface area contributed by atoms with Crippen LogP contribution in [0.5, 0.6) is 0 Å². The van der Waals surface area contributed by atoms with Gasteiger partial charge in [-0.15, -0.1) is 0 Å². The smallest absolute Gasteiger partial charge is 0.122 e. The van der Waals surface area contributed by atoms with E-state index in [9.17, 15) is 0 Å². The average molecular weight is 293 g/mol. The first kappa shape index (κ1) is 13.3. The van der Waals surface area contributed by atoms with Gasteiger partial charge in [-0.1, -0.05) is 30.3 Å². The third-order valence-electron chi connectivity index (χ3n) is 4.26. The largest absolute Gasteiger partial charge is 0.340 e. The Hall–Kier alpha value is -2.40. The summed E-state index contributed by atoms with van der Waals surface area (Å²) in [7, 11) is 2.01. The van der Waals surface area contributed by atoms with Crippen molar-refractivity contribution in [2.45, 2.75) is 25.7 Å². The third-order valence-corrected chi connectivity index (χ3v) is 4.26. The van der Waals surface area contributed by atoms with Crippen molar-refractivity contribution in [3.05, 3.63) is 72.3 Å². The van der Waals surface area contributed by atoms with E-state index < -0.39 is 0 Å². The monoisotopic (exact) mass is 293 g/mol. The summed E-state index contributed by atoms with van der Waals surface area (Å²) in [5.41, 5.74) is 2.45. The van der Waals surface area contributed by atoms with Crippen LogP contribution in [0.3, 0.4) is 0 Å². The summed E-state index contributed by atoms with van der Waals surface area (Å²) in [4.78, 5) is 11.4. The van der Waals surface area contributed by atoms with E-state index in [4.69, 9.17) is 0 Å². The Kier molecular flexibility index (Phi) is 3.27. The van der Waals surface area contributed by atoms with Gasteiger partial charge in [-0.3, -0.25) is 4.90 Å². The lowest BCUT2D eigenvalue weighted by Crippen LogP contribution is -2.36. The molecule has 5 heteroatoms. The van der Waals surface area contributed by atoms with E-state index in [1.54, 1.807) is 0 Å². The quantitative estimate of drug-likeness (QED) is 0.744. The zero-order valence-electron chi connectivity index (χ0n) is 12.6. The predicted octanol–water partition coefficient (Wildman–Crippen LogP) is 2.37. The zero-order chi connectivity index (χ0) is 14.9. The topological polar surface area (TPSA) is 38.9 Å². The Balaban J connectivity index is 1.66. The van der Waals surface area contributed by atoms with E-state index in [-0.39, 0.29) is 0 Å². The third kappa shape index (κ3) is 2.44. The predicted molar refractivity (Wildman–Crippen MR) is 83.9 cm³/mol. The molecule has 5 nitrogen and oxygen atoms in total. The van der Waals surface area contributed by atoms with Crippen molar-refractivity contribution in [3.8, 4) is 0 Å². The Morgan fingerprint density at radius 1 is 1.18 bits per heavy atom. The van der Waals surface area contributed by atoms with Crippen molar-refractivity contribution >= 4 is 0 Å². The highest BCUT2D eigenvalue weighted by molar-refractivity contribution is 5.21. The van der Waals surface area contributed by atoms with Crippen LogP contribution in [-0.4, -0.2) is 24.0 Å². The molecule has 0 radical (unpaired) electrons. The molecule has 0 saturated heterocycles. The van der Waals surface area contributed by atoms with E-state index in [0.29, 0.717) is 6.04 Å². The van der Waals surface area contributed by atoms with Crippen LogP contribution >= 0.6 is 0 Å². The second-order valence-corrected chi connectivity index (χ2v) is 5.86. The normalized spacial score (nSPS) is 18.3. The van der Waals surface area contributed by atoms with Crippen LogP contribution in [0, 0.1) is 0 Å². The molecule has 22 heavy (non-hydrogen) atoms. The first-order chi connectivity index (χ1) is 10.8. The molecule has 0 spiro atoms. The van der Waals surface area contributed by atoms with Gasteiger partial charge >= 0.3 is 0 Å². The molecule has 0 aliphatic carbocycles. The highest BCUT2D eigenvalue weighted by atomic mass is 15.3. The molecule has 1 aromatic carbocycles. The summed E-state index contributed by atoms with van der Waals surface area (Å²) < 4.78 is 4.25. The maximum absolute atomic E-state index is 4.48. The van der Waals surface area contributed by atoms with E-state index >= 15 is 0 Å². The molecule has 3 heterocycles. The fraction of sp³-hybridized carbons (Fsp3) is 0.294. The molecule has 1 aliphatic heterocycles. The summed E-state index contributed by atoms with van der Waals surface area (Å²) in [5.74, 6) is 1.13. The molecule has 1 atom stereocenters. The van der Waals surface area contributed by atoms with Gasteiger partial charge in [0.2, 0.25) is 0 Å². The molecule has 0 fully saturated rings. The summed E-state index contributed by atoms with van der Waals surface area (Å²) in [6.45, 7) is 2.63. The SMILES string of the molecule is Cn1cnc(CN2Cc3nccn3C[C@H]2c2ccccc2)c1. The molecule has 112 valence electrons. The van der Waals surface area contributed by atoms with Crippen LogP contribution in [0.1, 0.15) is 23.1 Å². The number of imidazole rings is 2. The van der Waals surface area contributed by atoms with Crippen LogP contribution in [0.4, 0.5) is 0 Å². The van der Waals surface area contributed by atoms with Crippen molar-refractivity contribution in [1.29, 1.82) is 0 Å². The van der Waals surface area contributed by atoms with Gasteiger partial charge in [-0.25, -0.2) is 9.97 Å². The molecule has 2 aromatic heterocycles. The van der Waals surface area contributed by atoms with Gasteiger partial charge in [0.1, 0.15) is 5.82 Å². The molecule has 3 aromatic rings. The van der Waals surface area contributed by atoms with Gasteiger partial charge in [0, 0.05) is 38.7 Å². The van der Waals surface area contributed by atoms with Crippen molar-refractivity contribution in [2.75, 3.05) is 0 Å². The lowest BCUT2D eigenvalue weighted by molar-refractivity contribution is 0.127. The minimum atomic E-state index is 0.352. The molecular formula is C17H19N5. The molecule has 0 bridgehead atoms. The lowest BCUT2D eigenvalue weighted by atomic mass is 10.0. The van der Waals surface area contributed by atoms with Crippen LogP contribution in [0.2, 0.25) is 0 Å². The average Bonchev–Trinajstić information content (AvgIpc) is 3.16. The fourth-order valence-corrected chi connectivity index (χ4v) is 3.17. The first-order valence-electron chi connectivity index (χ1n) is 7.55. The highest BCUT2D eigenvalue weighted by Crippen LogP contribution is 2.30. The van der Waals surface area contributed by atoms with Crippen molar-refractivity contribution in [3.63, 3.8) is 0 Å². The Bertz CT molecular complexity index is 758. The second-order valence-electron chi connectivity index (χ2n) is 5.86. The summed E-state index contributed by atoms with van der Waals surface area (Å²) >= 11 is 0. The Morgan fingerprint density at radius 2 is 2.05 bits per heavy atom. The number of rotatable bonds is 3. The number of hydrogen-bond donors (Lipinski definition) is 0. The minimum Gasteiger partial charge on any atom is -0.340 e. The van der Waals surface area contributed by atoms with Gasteiger partial charge in [-0.05, 0) is 5.56 Å². The maximum Gasteiger partial charge on any atom is 0.122 e. The van der Waals surface area contributed by atoms with Crippen LogP contribution < -0.4 is 0 Å². The lowest BCUT2D eigenvalue weighted by Gasteiger charge is -2.36. The first-order valence-corrected chi connectivity index (χ1v) is 7.55. The highest BCUT2D eigenvalue weighted by Gasteiger charge is 2.28. The summed E-state index contributed by atoms with van der Waals surface area (Å²) in [6.07, 6.45) is 7.91. The number of fused-ring (bicyclic) bond motifs is 1. The van der Waals surface area contributed by atoms with Gasteiger partial charge in [-0.2, -0.15) is 0 Å². The van der Waals surface area contributed by atoms with Crippen molar-refractivity contribution < 1.29 is 0 Å². The van der Waals surface area contributed by atoms with E-state index in [2.05, 4.69) is 62.2 Å². The minimum absolute atomic E-state index is 0.352. The molecule has 0 N–H and O–H groups in total. The second kappa shape index (κ2) is 5.42. The van der Waals surface area contributed by atoms with Crippen molar-refractivity contribution in [2.24, 2.45) is 7.05 Å². The van der Waals surface area contributed by atoms with E-state index in [1.165, 1.54) is 5.56 Å². The zero-order valence-corrected chi connectivity index (χ0v) is 12.6. The standard InChI is InChI=1S/C17H19N5/c1-20-9-15(19-13-20)10-22-12-17-18-7-8-21(17)11-16(22)14-5-3-2-4-6-14/h2-9,13,16H,10-12H2,1H3/t16-/m0/s1. The summed E-state index contributed by atoms with van der Waals surface area (Å²) in [6, 6.07) is 11.0. The van der Waals surface area contributed by atoms with Gasteiger partial charge in [0.15, 0.2) is 0 Å². The van der Waals surface area contributed by atoms with Crippen LogP contribution in [-0.2, 0) is 26.7 Å². The Labute approximate surface area is 129 Å². The summed E-state index contributed by atoms with van der Waals surface area (Å²) in [5, 5.41) is 0. The van der Waals surface area contributed by atoms with Crippen molar-refractivity contribution in [1.82, 2.24) is 24.0 Å². The van der Waals surface area contributed by atoms with Crippen LogP contribution in [0.15, 0.2) is 55.2 Å². The molecule has 1 aliphatic rings. The maximum atomic E-state index is 4.48. The number of hydrogen-bond acceptors (Lipinski definition) is 3. The number of nitrogens with zero attached hydrogens (tertiary/aromatic N) is 5. The molecule has 0 saturated carbocycles. The van der Waals surface area contributed by atoms with Crippen LogP contribution in [0.25, 0.3) is 0 Å². The fourth-order valence-electron chi connectivity index (χ4n) is 3.17. The van der Waals surface area contributed by atoms with Gasteiger partial charge in [0.05, 0.1) is 24.6 Å². The number of benzene rings is 1. The number of aryl methyl sites for hydroxylation is 1. The van der Waals surface area contributed by atoms with Gasteiger partial charge < -0.3 is 9.13 Å².